The van der Waals surface area contributed by atoms with Crippen molar-refractivity contribution in [3.8, 4) is 0 Å². The maximum absolute atomic E-state index is 8.39. The predicted molar refractivity (Wildman–Crippen MR) is 51.9 cm³/mol. The highest BCUT2D eigenvalue weighted by Gasteiger charge is 1.89. The van der Waals surface area contributed by atoms with Crippen molar-refractivity contribution >= 4 is 0 Å². The topological polar surface area (TPSA) is 50.7 Å². The number of nitrogens with one attached hydrogen (secondary N) is 1. The molecule has 0 aromatic carbocycles. The van der Waals surface area contributed by atoms with Crippen LogP contribution in [0.1, 0.15) is 13.3 Å². The highest BCUT2D eigenvalue weighted by molar-refractivity contribution is 4.42. The molecule has 4 nitrogen and oxygen atoms in total. The lowest BCUT2D eigenvalue weighted by atomic mass is 10.4. The molecule has 80 valence electrons. The molecule has 0 aromatic rings. The van der Waals surface area contributed by atoms with Crippen LogP contribution in [0.2, 0.25) is 0 Å². The highest BCUT2D eigenvalue weighted by atomic mass is 16.5. The Morgan fingerprint density at radius 2 is 1.77 bits per heavy atom. The maximum atomic E-state index is 8.39. The van der Waals surface area contributed by atoms with E-state index in [-0.39, 0.29) is 6.61 Å². The van der Waals surface area contributed by atoms with Gasteiger partial charge in [0.15, 0.2) is 0 Å². The molecule has 4 heteroatoms. The number of hydrogen-bond acceptors (Lipinski definition) is 4. The lowest BCUT2D eigenvalue weighted by molar-refractivity contribution is 0.0326. The molecular weight excluding hydrogens is 170 g/mol. The van der Waals surface area contributed by atoms with E-state index in [2.05, 4.69) is 12.2 Å². The Labute approximate surface area is 80.2 Å². The van der Waals surface area contributed by atoms with Gasteiger partial charge in [-0.25, -0.2) is 0 Å². The Balaban J connectivity index is 2.76. The molecule has 0 aliphatic heterocycles. The third-order valence-electron chi connectivity index (χ3n) is 1.50. The second-order valence-electron chi connectivity index (χ2n) is 2.66. The van der Waals surface area contributed by atoms with E-state index in [4.69, 9.17) is 14.6 Å². The van der Waals surface area contributed by atoms with E-state index in [1.54, 1.807) is 0 Å². The predicted octanol–water partition coefficient (Wildman–Crippen LogP) is 0.0115. The van der Waals surface area contributed by atoms with Crippen LogP contribution in [0.25, 0.3) is 0 Å². The zero-order valence-corrected chi connectivity index (χ0v) is 8.42. The molecule has 0 fully saturated rings. The standard InChI is InChI=1S/C9H21NO3/c1-2-10-4-3-6-12-8-9-13-7-5-11/h10-11H,2-9H2,1H3. The number of ether oxygens (including phenoxy) is 2. The minimum atomic E-state index is 0.0837. The Kier molecular flexibility index (Phi) is 11.7. The van der Waals surface area contributed by atoms with Gasteiger partial charge in [-0.1, -0.05) is 6.92 Å². The van der Waals surface area contributed by atoms with E-state index in [9.17, 15) is 0 Å². The molecule has 0 atom stereocenters. The van der Waals surface area contributed by atoms with Crippen molar-refractivity contribution in [2.24, 2.45) is 0 Å². The van der Waals surface area contributed by atoms with Crippen molar-refractivity contribution in [2.45, 2.75) is 13.3 Å². The monoisotopic (exact) mass is 191 g/mol. The van der Waals surface area contributed by atoms with Crippen molar-refractivity contribution in [3.63, 3.8) is 0 Å². The van der Waals surface area contributed by atoms with Crippen LogP contribution in [0, 0.1) is 0 Å². The fourth-order valence-electron chi connectivity index (χ4n) is 0.863. The minimum Gasteiger partial charge on any atom is -0.394 e. The summed E-state index contributed by atoms with van der Waals surface area (Å²) >= 11 is 0. The van der Waals surface area contributed by atoms with Crippen LogP contribution in [0.4, 0.5) is 0 Å². The summed E-state index contributed by atoms with van der Waals surface area (Å²) in [6.45, 7) is 6.56. The summed E-state index contributed by atoms with van der Waals surface area (Å²) in [5, 5.41) is 11.6. The largest absolute Gasteiger partial charge is 0.394 e. The van der Waals surface area contributed by atoms with E-state index < -0.39 is 0 Å². The van der Waals surface area contributed by atoms with Gasteiger partial charge in [-0.05, 0) is 19.5 Å². The molecule has 0 spiro atoms. The Hall–Kier alpha value is -0.160. The third kappa shape index (κ3) is 11.8. The first-order valence-electron chi connectivity index (χ1n) is 4.89. The van der Waals surface area contributed by atoms with E-state index in [1.165, 1.54) is 0 Å². The van der Waals surface area contributed by atoms with Crippen molar-refractivity contribution in [1.82, 2.24) is 5.32 Å². The number of aliphatic hydroxyl groups excluding tert-OH is 1. The molecule has 0 bridgehead atoms. The zero-order valence-electron chi connectivity index (χ0n) is 8.42. The summed E-state index contributed by atoms with van der Waals surface area (Å²) in [6, 6.07) is 0. The van der Waals surface area contributed by atoms with E-state index in [0.29, 0.717) is 19.8 Å². The van der Waals surface area contributed by atoms with Crippen LogP contribution < -0.4 is 5.32 Å². The quantitative estimate of drug-likeness (QED) is 0.478. The van der Waals surface area contributed by atoms with E-state index >= 15 is 0 Å². The first-order chi connectivity index (χ1) is 6.41. The average molecular weight is 191 g/mol. The Bertz CT molecular complexity index is 80.9. The number of hydrogen-bond donors (Lipinski definition) is 2. The molecule has 0 aliphatic carbocycles. The van der Waals surface area contributed by atoms with Crippen LogP contribution in [0.5, 0.6) is 0 Å². The minimum absolute atomic E-state index is 0.0837. The first-order valence-corrected chi connectivity index (χ1v) is 4.89. The fraction of sp³-hybridized carbons (Fsp3) is 1.00. The van der Waals surface area contributed by atoms with Crippen molar-refractivity contribution in [2.75, 3.05) is 46.1 Å². The van der Waals surface area contributed by atoms with Crippen LogP contribution in [0.3, 0.4) is 0 Å². The summed E-state index contributed by atoms with van der Waals surface area (Å²) in [4.78, 5) is 0. The molecule has 0 unspecified atom stereocenters. The van der Waals surface area contributed by atoms with Gasteiger partial charge in [0.2, 0.25) is 0 Å². The molecule has 0 saturated carbocycles. The molecule has 0 heterocycles. The molecule has 0 aliphatic rings. The van der Waals surface area contributed by atoms with Gasteiger partial charge < -0.3 is 19.9 Å². The fourth-order valence-corrected chi connectivity index (χ4v) is 0.863. The Morgan fingerprint density at radius 3 is 2.38 bits per heavy atom. The smallest absolute Gasteiger partial charge is 0.0701 e. The maximum Gasteiger partial charge on any atom is 0.0701 e. The van der Waals surface area contributed by atoms with Crippen LogP contribution in [-0.2, 0) is 9.47 Å². The second-order valence-corrected chi connectivity index (χ2v) is 2.66. The van der Waals surface area contributed by atoms with Gasteiger partial charge in [-0.15, -0.1) is 0 Å². The summed E-state index contributed by atoms with van der Waals surface area (Å²) in [7, 11) is 0. The van der Waals surface area contributed by atoms with Gasteiger partial charge in [0, 0.05) is 6.61 Å². The summed E-state index contributed by atoms with van der Waals surface area (Å²) in [6.07, 6.45) is 1.04. The summed E-state index contributed by atoms with van der Waals surface area (Å²) in [5.74, 6) is 0. The molecule has 0 saturated heterocycles. The van der Waals surface area contributed by atoms with Gasteiger partial charge in [-0.3, -0.25) is 0 Å². The van der Waals surface area contributed by atoms with Crippen molar-refractivity contribution in [1.29, 1.82) is 0 Å². The molecule has 13 heavy (non-hydrogen) atoms. The van der Waals surface area contributed by atoms with Gasteiger partial charge in [0.1, 0.15) is 0 Å². The normalized spacial score (nSPS) is 10.6. The van der Waals surface area contributed by atoms with Gasteiger partial charge in [0.05, 0.1) is 26.4 Å². The SMILES string of the molecule is CCNCCCOCCOCCO. The second kappa shape index (κ2) is 11.8. The van der Waals surface area contributed by atoms with Gasteiger partial charge in [0.25, 0.3) is 0 Å². The van der Waals surface area contributed by atoms with Crippen LogP contribution in [-0.4, -0.2) is 51.2 Å². The third-order valence-corrected chi connectivity index (χ3v) is 1.50. The summed E-state index contributed by atoms with van der Waals surface area (Å²) in [5.41, 5.74) is 0. The van der Waals surface area contributed by atoms with Gasteiger partial charge in [-0.2, -0.15) is 0 Å². The lowest BCUT2D eigenvalue weighted by Gasteiger charge is -2.04. The molecule has 0 radical (unpaired) electrons. The van der Waals surface area contributed by atoms with Crippen molar-refractivity contribution < 1.29 is 14.6 Å². The lowest BCUT2D eigenvalue weighted by Crippen LogP contribution is -2.16. The average Bonchev–Trinajstić information content (AvgIpc) is 2.16. The van der Waals surface area contributed by atoms with Crippen LogP contribution in [0.15, 0.2) is 0 Å². The molecule has 2 N–H and O–H groups in total. The number of rotatable bonds is 10. The molecule has 0 amide bonds. The van der Waals surface area contributed by atoms with Crippen molar-refractivity contribution in [3.05, 3.63) is 0 Å². The van der Waals surface area contributed by atoms with Gasteiger partial charge >= 0.3 is 0 Å². The highest BCUT2D eigenvalue weighted by Crippen LogP contribution is 1.82. The first kappa shape index (κ1) is 12.8. The number of aliphatic hydroxyl groups is 1. The van der Waals surface area contributed by atoms with E-state index in [0.717, 1.165) is 26.1 Å². The molecule has 0 aromatic heterocycles. The summed E-state index contributed by atoms with van der Waals surface area (Å²) < 4.78 is 10.3. The zero-order chi connectivity index (χ0) is 9.78. The van der Waals surface area contributed by atoms with Crippen LogP contribution >= 0.6 is 0 Å². The molecule has 0 rings (SSSR count). The molecular formula is C9H21NO3. The van der Waals surface area contributed by atoms with E-state index in [1.807, 2.05) is 0 Å². The Morgan fingerprint density at radius 1 is 1.08 bits per heavy atom.